The fraction of sp³-hybridized carbons (Fsp3) is 0.786. The van der Waals surface area contributed by atoms with E-state index in [0.29, 0.717) is 19.1 Å². The lowest BCUT2D eigenvalue weighted by molar-refractivity contribution is 0.0187. The van der Waals surface area contributed by atoms with Crippen LogP contribution in [0.15, 0.2) is 0 Å². The highest BCUT2D eigenvalue weighted by Gasteiger charge is 2.34. The van der Waals surface area contributed by atoms with E-state index in [2.05, 4.69) is 24.1 Å². The van der Waals surface area contributed by atoms with E-state index in [0.717, 1.165) is 23.5 Å². The van der Waals surface area contributed by atoms with Gasteiger partial charge in [-0.2, -0.15) is 0 Å². The summed E-state index contributed by atoms with van der Waals surface area (Å²) in [5.41, 5.74) is 1.41. The zero-order valence-electron chi connectivity index (χ0n) is 12.2. The molecule has 0 saturated heterocycles. The number of nitrogens with zero attached hydrogens (tertiary/aromatic N) is 1. The summed E-state index contributed by atoms with van der Waals surface area (Å²) >= 11 is 1.69. The maximum Gasteiger partial charge on any atom is 0.261 e. The van der Waals surface area contributed by atoms with Gasteiger partial charge in [-0.25, -0.2) is 13.8 Å². The second kappa shape index (κ2) is 6.45. The largest absolute Gasteiger partial charge is 0.375 e. The summed E-state index contributed by atoms with van der Waals surface area (Å²) in [5.74, 6) is 0. The average molecular weight is 304 g/mol. The standard InChI is InChI=1S/C14H22F2N2OS/c1-14(2)6-9(17-3)13-10(7-14)18-12(20-13)4-5-19-8-11(15)16/h9,11,17H,4-8H2,1-3H3. The number of hydrogen-bond acceptors (Lipinski definition) is 4. The van der Waals surface area contributed by atoms with Gasteiger partial charge in [-0.15, -0.1) is 11.3 Å². The Labute approximate surface area is 122 Å². The Kier molecular flexibility index (Phi) is 5.09. The maximum atomic E-state index is 12.0. The SMILES string of the molecule is CNC1CC(C)(C)Cc2nc(CCOCC(F)F)sc21. The summed E-state index contributed by atoms with van der Waals surface area (Å²) in [4.78, 5) is 5.97. The Morgan fingerprint density at radius 3 is 2.90 bits per heavy atom. The summed E-state index contributed by atoms with van der Waals surface area (Å²) in [5, 5.41) is 4.34. The van der Waals surface area contributed by atoms with Gasteiger partial charge in [0, 0.05) is 17.3 Å². The Balaban J connectivity index is 1.99. The summed E-state index contributed by atoms with van der Waals surface area (Å²) in [6, 6.07) is 0.349. The number of alkyl halides is 2. The van der Waals surface area contributed by atoms with Crippen LogP contribution in [-0.2, 0) is 17.6 Å². The lowest BCUT2D eigenvalue weighted by Crippen LogP contribution is -2.30. The Hall–Kier alpha value is -0.590. The number of rotatable bonds is 6. The fourth-order valence-electron chi connectivity index (χ4n) is 2.66. The number of halogens is 2. The quantitative estimate of drug-likeness (QED) is 0.820. The third kappa shape index (κ3) is 3.96. The van der Waals surface area contributed by atoms with Gasteiger partial charge in [0.2, 0.25) is 0 Å². The van der Waals surface area contributed by atoms with Gasteiger partial charge >= 0.3 is 0 Å². The Morgan fingerprint density at radius 1 is 1.50 bits per heavy atom. The van der Waals surface area contributed by atoms with E-state index < -0.39 is 13.0 Å². The fourth-order valence-corrected chi connectivity index (χ4v) is 3.83. The molecular formula is C14H22F2N2OS. The molecule has 1 aromatic rings. The smallest absolute Gasteiger partial charge is 0.261 e. The molecular weight excluding hydrogens is 282 g/mol. The number of hydrogen-bond donors (Lipinski definition) is 1. The zero-order valence-corrected chi connectivity index (χ0v) is 13.0. The van der Waals surface area contributed by atoms with Crippen molar-refractivity contribution < 1.29 is 13.5 Å². The molecule has 2 rings (SSSR count). The monoisotopic (exact) mass is 304 g/mol. The van der Waals surface area contributed by atoms with E-state index in [-0.39, 0.29) is 5.41 Å². The number of nitrogens with one attached hydrogen (secondary N) is 1. The first-order valence-corrected chi connectivity index (χ1v) is 7.74. The van der Waals surface area contributed by atoms with Crippen molar-refractivity contribution in [1.29, 1.82) is 0 Å². The minimum atomic E-state index is -2.39. The molecule has 1 aliphatic rings. The number of fused-ring (bicyclic) bond motifs is 1. The first kappa shape index (κ1) is 15.8. The van der Waals surface area contributed by atoms with Gasteiger partial charge in [-0.3, -0.25) is 0 Å². The van der Waals surface area contributed by atoms with Gasteiger partial charge in [-0.05, 0) is 25.3 Å². The highest BCUT2D eigenvalue weighted by atomic mass is 32.1. The van der Waals surface area contributed by atoms with Crippen LogP contribution in [0.5, 0.6) is 0 Å². The summed E-state index contributed by atoms with van der Waals surface area (Å²) in [7, 11) is 1.97. The molecule has 0 fully saturated rings. The lowest BCUT2D eigenvalue weighted by atomic mass is 9.76. The molecule has 0 spiro atoms. The molecule has 1 unspecified atom stereocenters. The molecule has 1 N–H and O–H groups in total. The van der Waals surface area contributed by atoms with Gasteiger partial charge in [0.05, 0.1) is 17.3 Å². The predicted molar refractivity (Wildman–Crippen MR) is 76.5 cm³/mol. The summed E-state index contributed by atoms with van der Waals surface area (Å²) in [6.07, 6.45) is 0.296. The average Bonchev–Trinajstić information content (AvgIpc) is 2.74. The highest BCUT2D eigenvalue weighted by Crippen LogP contribution is 2.42. The number of ether oxygens (including phenoxy) is 1. The normalized spacial score (nSPS) is 21.2. The third-order valence-corrected chi connectivity index (χ3v) is 4.81. The van der Waals surface area contributed by atoms with Crippen LogP contribution in [0.25, 0.3) is 0 Å². The molecule has 6 heteroatoms. The Morgan fingerprint density at radius 2 is 2.25 bits per heavy atom. The number of thiazole rings is 1. The van der Waals surface area contributed by atoms with Crippen LogP contribution in [0.2, 0.25) is 0 Å². The van der Waals surface area contributed by atoms with Crippen LogP contribution in [0.1, 0.15) is 41.9 Å². The van der Waals surface area contributed by atoms with E-state index in [1.807, 2.05) is 7.05 Å². The van der Waals surface area contributed by atoms with Crippen molar-refractivity contribution >= 4 is 11.3 Å². The van der Waals surface area contributed by atoms with Gasteiger partial charge in [0.15, 0.2) is 0 Å². The van der Waals surface area contributed by atoms with Gasteiger partial charge in [0.1, 0.15) is 6.61 Å². The van der Waals surface area contributed by atoms with Crippen molar-refractivity contribution in [2.24, 2.45) is 5.41 Å². The minimum Gasteiger partial charge on any atom is -0.375 e. The van der Waals surface area contributed by atoms with Crippen molar-refractivity contribution in [3.05, 3.63) is 15.6 Å². The van der Waals surface area contributed by atoms with Crippen molar-refractivity contribution in [3.63, 3.8) is 0 Å². The van der Waals surface area contributed by atoms with Crippen LogP contribution < -0.4 is 5.32 Å². The van der Waals surface area contributed by atoms with Crippen molar-refractivity contribution in [3.8, 4) is 0 Å². The second-order valence-corrected chi connectivity index (χ2v) is 7.14. The van der Waals surface area contributed by atoms with Gasteiger partial charge < -0.3 is 10.1 Å². The predicted octanol–water partition coefficient (Wildman–Crippen LogP) is 3.20. The van der Waals surface area contributed by atoms with Gasteiger partial charge in [0.25, 0.3) is 6.43 Å². The molecule has 3 nitrogen and oxygen atoms in total. The third-order valence-electron chi connectivity index (χ3n) is 3.54. The first-order chi connectivity index (χ1) is 9.41. The van der Waals surface area contributed by atoms with Crippen LogP contribution >= 0.6 is 11.3 Å². The molecule has 0 radical (unpaired) electrons. The van der Waals surface area contributed by atoms with E-state index in [1.54, 1.807) is 11.3 Å². The minimum absolute atomic E-state index is 0.248. The van der Waals surface area contributed by atoms with Crippen molar-refractivity contribution in [2.45, 2.75) is 45.6 Å². The lowest BCUT2D eigenvalue weighted by Gasteiger charge is -2.34. The van der Waals surface area contributed by atoms with Crippen LogP contribution in [-0.4, -0.2) is 31.7 Å². The molecule has 0 aliphatic heterocycles. The topological polar surface area (TPSA) is 34.2 Å². The summed E-state index contributed by atoms with van der Waals surface area (Å²) in [6.45, 7) is 4.33. The zero-order chi connectivity index (χ0) is 14.8. The maximum absolute atomic E-state index is 12.0. The molecule has 20 heavy (non-hydrogen) atoms. The van der Waals surface area contributed by atoms with E-state index >= 15 is 0 Å². The van der Waals surface area contributed by atoms with E-state index in [4.69, 9.17) is 4.74 Å². The molecule has 1 aromatic heterocycles. The van der Waals surface area contributed by atoms with Crippen LogP contribution in [0.4, 0.5) is 8.78 Å². The molecule has 0 aromatic carbocycles. The molecule has 0 amide bonds. The first-order valence-electron chi connectivity index (χ1n) is 6.93. The van der Waals surface area contributed by atoms with Crippen molar-refractivity contribution in [1.82, 2.24) is 10.3 Å². The highest BCUT2D eigenvalue weighted by molar-refractivity contribution is 7.11. The van der Waals surface area contributed by atoms with E-state index in [1.165, 1.54) is 4.88 Å². The molecule has 1 atom stereocenters. The number of aromatic nitrogens is 1. The molecule has 0 bridgehead atoms. The Bertz CT molecular complexity index is 448. The van der Waals surface area contributed by atoms with Crippen molar-refractivity contribution in [2.75, 3.05) is 20.3 Å². The molecule has 0 saturated carbocycles. The molecule has 114 valence electrons. The van der Waals surface area contributed by atoms with Crippen LogP contribution in [0, 0.1) is 5.41 Å². The van der Waals surface area contributed by atoms with Crippen LogP contribution in [0.3, 0.4) is 0 Å². The molecule has 1 aliphatic carbocycles. The van der Waals surface area contributed by atoms with Gasteiger partial charge in [-0.1, -0.05) is 13.8 Å². The molecule has 1 heterocycles. The van der Waals surface area contributed by atoms with E-state index in [9.17, 15) is 8.78 Å². The second-order valence-electron chi connectivity index (χ2n) is 6.02. The summed E-state index contributed by atoms with van der Waals surface area (Å²) < 4.78 is 28.9.